The van der Waals surface area contributed by atoms with Crippen molar-refractivity contribution in [1.29, 1.82) is 0 Å². The molecule has 3 nitrogen and oxygen atoms in total. The van der Waals surface area contributed by atoms with Gasteiger partial charge in [0.2, 0.25) is 0 Å². The van der Waals surface area contributed by atoms with Gasteiger partial charge in [-0.3, -0.25) is 0 Å². The van der Waals surface area contributed by atoms with Crippen LogP contribution in [0.25, 0.3) is 0 Å². The monoisotopic (exact) mass is 244 g/mol. The molecule has 0 saturated heterocycles. The molecule has 0 heterocycles. The largest absolute Gasteiger partial charge is 0.398 e. The molecule has 0 radical (unpaired) electrons. The number of hydrogen-bond donors (Lipinski definition) is 3. The predicted octanol–water partition coefficient (Wildman–Crippen LogP) is 1.41. The first kappa shape index (κ1) is 10.5. The average molecular weight is 245 g/mol. The maximum absolute atomic E-state index is 9.26. The fourth-order valence-electron chi connectivity index (χ4n) is 1.03. The first-order chi connectivity index (χ1) is 6.02. The summed E-state index contributed by atoms with van der Waals surface area (Å²) in [5.41, 5.74) is 12.9. The Labute approximate surface area is 85.9 Å². The zero-order valence-corrected chi connectivity index (χ0v) is 8.95. The fourth-order valence-corrected chi connectivity index (χ4v) is 1.43. The Hall–Kier alpha value is -0.580. The minimum Gasteiger partial charge on any atom is -0.398 e. The Balaban J connectivity index is 2.97. The topological polar surface area (TPSA) is 72.3 Å². The van der Waals surface area contributed by atoms with Crippen molar-refractivity contribution in [3.05, 3.63) is 28.2 Å². The van der Waals surface area contributed by atoms with Crippen molar-refractivity contribution in [2.24, 2.45) is 5.73 Å². The molecule has 0 saturated carbocycles. The summed E-state index contributed by atoms with van der Waals surface area (Å²) in [5.74, 6) is 0. The summed E-state index contributed by atoms with van der Waals surface area (Å²) in [6.45, 7) is 1.66. The standard InChI is InChI=1S/C9H13BrN2O/c1-5(13)9(12)6-2-3-8(11)7(10)4-6/h2-5,9,13H,11-12H2,1H3/t5-,9-/m0/s1. The normalized spacial score (nSPS) is 15.4. The van der Waals surface area contributed by atoms with Crippen molar-refractivity contribution in [3.8, 4) is 0 Å². The third-order valence-corrected chi connectivity index (χ3v) is 2.62. The van der Waals surface area contributed by atoms with Crippen LogP contribution in [-0.2, 0) is 0 Å². The lowest BCUT2D eigenvalue weighted by atomic mass is 10.0. The molecule has 0 aliphatic carbocycles. The quantitative estimate of drug-likeness (QED) is 0.690. The Kier molecular flexibility index (Phi) is 3.30. The van der Waals surface area contributed by atoms with Crippen LogP contribution < -0.4 is 11.5 Å². The molecule has 2 atom stereocenters. The SMILES string of the molecule is C[C@H](O)[C@H](N)c1ccc(N)c(Br)c1. The number of nitrogen functional groups attached to an aromatic ring is 1. The van der Waals surface area contributed by atoms with Crippen LogP contribution in [0.15, 0.2) is 22.7 Å². The van der Waals surface area contributed by atoms with Gasteiger partial charge in [-0.05, 0) is 40.5 Å². The molecule has 0 aromatic heterocycles. The van der Waals surface area contributed by atoms with E-state index in [0.717, 1.165) is 10.0 Å². The predicted molar refractivity (Wildman–Crippen MR) is 57.2 cm³/mol. The molecule has 1 aromatic carbocycles. The van der Waals surface area contributed by atoms with E-state index in [-0.39, 0.29) is 6.04 Å². The smallest absolute Gasteiger partial charge is 0.0704 e. The van der Waals surface area contributed by atoms with Crippen LogP contribution in [0.5, 0.6) is 0 Å². The van der Waals surface area contributed by atoms with Crippen LogP contribution >= 0.6 is 15.9 Å². The summed E-state index contributed by atoms with van der Waals surface area (Å²) in [6, 6.07) is 5.04. The van der Waals surface area contributed by atoms with Gasteiger partial charge in [-0.25, -0.2) is 0 Å². The van der Waals surface area contributed by atoms with E-state index in [1.807, 2.05) is 12.1 Å². The highest BCUT2D eigenvalue weighted by Crippen LogP contribution is 2.24. The van der Waals surface area contributed by atoms with E-state index < -0.39 is 6.10 Å². The molecule has 0 fully saturated rings. The van der Waals surface area contributed by atoms with Gasteiger partial charge in [0.1, 0.15) is 0 Å². The van der Waals surface area contributed by atoms with Gasteiger partial charge in [0.25, 0.3) is 0 Å². The molecule has 5 N–H and O–H groups in total. The first-order valence-corrected chi connectivity index (χ1v) is 4.80. The third kappa shape index (κ3) is 2.43. The van der Waals surface area contributed by atoms with E-state index >= 15 is 0 Å². The number of benzene rings is 1. The van der Waals surface area contributed by atoms with E-state index in [0.29, 0.717) is 5.69 Å². The first-order valence-electron chi connectivity index (χ1n) is 4.01. The van der Waals surface area contributed by atoms with Crippen molar-refractivity contribution in [1.82, 2.24) is 0 Å². The second-order valence-electron chi connectivity index (χ2n) is 3.05. The van der Waals surface area contributed by atoms with Crippen molar-refractivity contribution in [3.63, 3.8) is 0 Å². The summed E-state index contributed by atoms with van der Waals surface area (Å²) in [5, 5.41) is 9.26. The number of aliphatic hydroxyl groups is 1. The van der Waals surface area contributed by atoms with Crippen molar-refractivity contribution in [2.45, 2.75) is 19.1 Å². The molecular formula is C9H13BrN2O. The van der Waals surface area contributed by atoms with Gasteiger partial charge < -0.3 is 16.6 Å². The van der Waals surface area contributed by atoms with Crippen LogP contribution in [0.3, 0.4) is 0 Å². The summed E-state index contributed by atoms with van der Waals surface area (Å²) >= 11 is 3.30. The lowest BCUT2D eigenvalue weighted by Gasteiger charge is -2.15. The zero-order chi connectivity index (χ0) is 10.0. The van der Waals surface area contributed by atoms with Gasteiger partial charge in [0.15, 0.2) is 0 Å². The molecule has 72 valence electrons. The van der Waals surface area contributed by atoms with E-state index in [1.165, 1.54) is 0 Å². The van der Waals surface area contributed by atoms with E-state index in [1.54, 1.807) is 13.0 Å². The summed E-state index contributed by atoms with van der Waals surface area (Å²) in [4.78, 5) is 0. The second kappa shape index (κ2) is 4.09. The molecule has 1 rings (SSSR count). The van der Waals surface area contributed by atoms with Crippen LogP contribution in [-0.4, -0.2) is 11.2 Å². The fraction of sp³-hybridized carbons (Fsp3) is 0.333. The van der Waals surface area contributed by atoms with Gasteiger partial charge in [-0.15, -0.1) is 0 Å². The number of rotatable bonds is 2. The summed E-state index contributed by atoms with van der Waals surface area (Å²) in [6.07, 6.45) is -0.560. The highest BCUT2D eigenvalue weighted by Gasteiger charge is 2.12. The minimum absolute atomic E-state index is 0.364. The van der Waals surface area contributed by atoms with Gasteiger partial charge >= 0.3 is 0 Å². The molecule has 1 aromatic rings. The molecule has 0 aliphatic heterocycles. The molecule has 0 amide bonds. The van der Waals surface area contributed by atoms with E-state index in [4.69, 9.17) is 11.5 Å². The van der Waals surface area contributed by atoms with Crippen LogP contribution in [0.1, 0.15) is 18.5 Å². The Morgan fingerprint density at radius 1 is 1.46 bits per heavy atom. The maximum atomic E-state index is 9.26. The van der Waals surface area contributed by atoms with Gasteiger partial charge in [0, 0.05) is 10.2 Å². The summed E-state index contributed by atoms with van der Waals surface area (Å²) in [7, 11) is 0. The molecule has 0 unspecified atom stereocenters. The van der Waals surface area contributed by atoms with Crippen molar-refractivity contribution < 1.29 is 5.11 Å². The Morgan fingerprint density at radius 2 is 2.08 bits per heavy atom. The molecule has 13 heavy (non-hydrogen) atoms. The number of aliphatic hydroxyl groups excluding tert-OH is 1. The molecule has 0 aliphatic rings. The van der Waals surface area contributed by atoms with Crippen LogP contribution in [0.2, 0.25) is 0 Å². The van der Waals surface area contributed by atoms with Crippen LogP contribution in [0, 0.1) is 0 Å². The lowest BCUT2D eigenvalue weighted by molar-refractivity contribution is 0.164. The third-order valence-electron chi connectivity index (χ3n) is 1.93. The summed E-state index contributed by atoms with van der Waals surface area (Å²) < 4.78 is 0.807. The molecule has 0 bridgehead atoms. The highest BCUT2D eigenvalue weighted by atomic mass is 79.9. The second-order valence-corrected chi connectivity index (χ2v) is 3.90. The van der Waals surface area contributed by atoms with E-state index in [9.17, 15) is 5.11 Å². The molecule has 0 spiro atoms. The highest BCUT2D eigenvalue weighted by molar-refractivity contribution is 9.10. The number of halogens is 1. The van der Waals surface area contributed by atoms with Gasteiger partial charge in [-0.2, -0.15) is 0 Å². The molecule has 4 heteroatoms. The number of nitrogens with two attached hydrogens (primary N) is 2. The van der Waals surface area contributed by atoms with Gasteiger partial charge in [0.05, 0.1) is 12.1 Å². The zero-order valence-electron chi connectivity index (χ0n) is 7.37. The minimum atomic E-state index is -0.560. The lowest BCUT2D eigenvalue weighted by Crippen LogP contribution is -2.23. The Bertz CT molecular complexity index is 302. The average Bonchev–Trinajstić information content (AvgIpc) is 2.08. The number of anilines is 1. The van der Waals surface area contributed by atoms with E-state index in [2.05, 4.69) is 15.9 Å². The number of hydrogen-bond acceptors (Lipinski definition) is 3. The van der Waals surface area contributed by atoms with Crippen LogP contribution in [0.4, 0.5) is 5.69 Å². The maximum Gasteiger partial charge on any atom is 0.0704 e. The van der Waals surface area contributed by atoms with Crippen molar-refractivity contribution in [2.75, 3.05) is 5.73 Å². The van der Waals surface area contributed by atoms with Crippen molar-refractivity contribution >= 4 is 21.6 Å². The molecular weight excluding hydrogens is 232 g/mol. The Morgan fingerprint density at radius 3 is 2.54 bits per heavy atom. The van der Waals surface area contributed by atoms with Gasteiger partial charge in [-0.1, -0.05) is 6.07 Å².